The van der Waals surface area contributed by atoms with Crippen molar-refractivity contribution in [1.82, 2.24) is 9.78 Å². The van der Waals surface area contributed by atoms with Gasteiger partial charge in [-0.2, -0.15) is 0 Å². The summed E-state index contributed by atoms with van der Waals surface area (Å²) in [5.41, 5.74) is 12.9. The predicted molar refractivity (Wildman–Crippen MR) is 73.4 cm³/mol. The SMILES string of the molecule is Nc1nn(-c2ccccc2Cl)c(N)c1CCC(=O)O. The Morgan fingerprint density at radius 3 is 2.68 bits per heavy atom. The Bertz CT molecular complexity index is 624. The molecule has 2 rings (SSSR count). The molecule has 0 fully saturated rings. The van der Waals surface area contributed by atoms with Gasteiger partial charge >= 0.3 is 5.97 Å². The Balaban J connectivity index is 2.41. The van der Waals surface area contributed by atoms with Crippen LogP contribution in [0.4, 0.5) is 11.6 Å². The van der Waals surface area contributed by atoms with Crippen LogP contribution in [0.5, 0.6) is 0 Å². The molecule has 0 unspecified atom stereocenters. The van der Waals surface area contributed by atoms with Crippen LogP contribution in [-0.4, -0.2) is 20.9 Å². The van der Waals surface area contributed by atoms with E-state index in [2.05, 4.69) is 5.10 Å². The Kier molecular flexibility index (Phi) is 3.62. The highest BCUT2D eigenvalue weighted by Crippen LogP contribution is 2.27. The normalized spacial score (nSPS) is 10.6. The van der Waals surface area contributed by atoms with Crippen molar-refractivity contribution in [2.45, 2.75) is 12.8 Å². The number of hydrogen-bond acceptors (Lipinski definition) is 4. The lowest BCUT2D eigenvalue weighted by atomic mass is 10.1. The zero-order valence-electron chi connectivity index (χ0n) is 10.0. The minimum absolute atomic E-state index is 0.0530. The molecule has 0 saturated heterocycles. The number of carboxylic acid groups (broad SMARTS) is 1. The van der Waals surface area contributed by atoms with E-state index in [0.717, 1.165) is 0 Å². The smallest absolute Gasteiger partial charge is 0.303 e. The Morgan fingerprint density at radius 2 is 2.05 bits per heavy atom. The van der Waals surface area contributed by atoms with Crippen LogP contribution in [0.15, 0.2) is 24.3 Å². The van der Waals surface area contributed by atoms with Gasteiger partial charge in [-0.3, -0.25) is 4.79 Å². The predicted octanol–water partition coefficient (Wildman–Crippen LogP) is 1.71. The summed E-state index contributed by atoms with van der Waals surface area (Å²) in [5, 5.41) is 13.3. The molecule has 0 spiro atoms. The third-order valence-corrected chi connectivity index (χ3v) is 3.04. The van der Waals surface area contributed by atoms with Crippen molar-refractivity contribution < 1.29 is 9.90 Å². The number of nitrogens with two attached hydrogens (primary N) is 2. The van der Waals surface area contributed by atoms with Gasteiger partial charge in [0.05, 0.1) is 10.7 Å². The third kappa shape index (κ3) is 2.63. The topological polar surface area (TPSA) is 107 Å². The van der Waals surface area contributed by atoms with Gasteiger partial charge in [0.2, 0.25) is 0 Å². The van der Waals surface area contributed by atoms with Gasteiger partial charge in [0.15, 0.2) is 5.82 Å². The molecule has 0 aliphatic carbocycles. The number of aromatic nitrogens is 2. The number of nitrogens with zero attached hydrogens (tertiary/aromatic N) is 2. The average molecular weight is 281 g/mol. The summed E-state index contributed by atoms with van der Waals surface area (Å²) in [4.78, 5) is 10.6. The first-order valence-corrected chi connectivity index (χ1v) is 5.98. The Hall–Kier alpha value is -2.21. The monoisotopic (exact) mass is 280 g/mol. The van der Waals surface area contributed by atoms with Gasteiger partial charge in [-0.1, -0.05) is 23.7 Å². The maximum Gasteiger partial charge on any atom is 0.303 e. The first-order valence-electron chi connectivity index (χ1n) is 5.60. The summed E-state index contributed by atoms with van der Waals surface area (Å²) in [7, 11) is 0. The molecule has 1 aromatic heterocycles. The van der Waals surface area contributed by atoms with E-state index in [9.17, 15) is 4.79 Å². The molecule has 1 heterocycles. The molecule has 6 nitrogen and oxygen atoms in total. The molecule has 2 aromatic rings. The largest absolute Gasteiger partial charge is 0.481 e. The highest BCUT2D eigenvalue weighted by Gasteiger charge is 2.16. The van der Waals surface area contributed by atoms with E-state index in [-0.39, 0.29) is 18.7 Å². The number of nitrogen functional groups attached to an aromatic ring is 2. The van der Waals surface area contributed by atoms with E-state index in [4.69, 9.17) is 28.2 Å². The van der Waals surface area contributed by atoms with Crippen molar-refractivity contribution in [3.8, 4) is 5.69 Å². The van der Waals surface area contributed by atoms with Crippen LogP contribution in [-0.2, 0) is 11.2 Å². The zero-order valence-corrected chi connectivity index (χ0v) is 10.8. The summed E-state index contributed by atoms with van der Waals surface area (Å²) >= 11 is 6.07. The number of hydrogen-bond donors (Lipinski definition) is 3. The van der Waals surface area contributed by atoms with Crippen LogP contribution in [0.25, 0.3) is 5.69 Å². The van der Waals surface area contributed by atoms with Crippen LogP contribution in [0.1, 0.15) is 12.0 Å². The van der Waals surface area contributed by atoms with Gasteiger partial charge in [0.25, 0.3) is 0 Å². The van der Waals surface area contributed by atoms with Crippen LogP contribution in [0.2, 0.25) is 5.02 Å². The van der Waals surface area contributed by atoms with E-state index >= 15 is 0 Å². The summed E-state index contributed by atoms with van der Waals surface area (Å²) in [6.07, 6.45) is 0.181. The highest BCUT2D eigenvalue weighted by atomic mass is 35.5. The highest BCUT2D eigenvalue weighted by molar-refractivity contribution is 6.32. The number of benzene rings is 1. The number of aliphatic carboxylic acids is 1. The molecule has 0 radical (unpaired) electrons. The summed E-state index contributed by atoms with van der Waals surface area (Å²) in [5.74, 6) is -0.380. The maximum atomic E-state index is 10.6. The molecule has 19 heavy (non-hydrogen) atoms. The molecule has 0 saturated carbocycles. The van der Waals surface area contributed by atoms with Crippen LogP contribution >= 0.6 is 11.6 Å². The number of anilines is 2. The lowest BCUT2D eigenvalue weighted by Gasteiger charge is -2.06. The second kappa shape index (κ2) is 5.19. The molecule has 1 aromatic carbocycles. The van der Waals surface area contributed by atoms with Crippen molar-refractivity contribution in [1.29, 1.82) is 0 Å². The van der Waals surface area contributed by atoms with Crippen molar-refractivity contribution >= 4 is 29.2 Å². The van der Waals surface area contributed by atoms with Gasteiger partial charge < -0.3 is 16.6 Å². The number of rotatable bonds is 4. The molecular formula is C12H13ClN4O2. The lowest BCUT2D eigenvalue weighted by Crippen LogP contribution is -2.04. The fraction of sp³-hybridized carbons (Fsp3) is 0.167. The fourth-order valence-electron chi connectivity index (χ4n) is 1.78. The lowest BCUT2D eigenvalue weighted by molar-refractivity contribution is -0.136. The number of carbonyl (C=O) groups is 1. The van der Waals surface area contributed by atoms with E-state index in [1.54, 1.807) is 24.3 Å². The second-order valence-electron chi connectivity index (χ2n) is 4.01. The Morgan fingerprint density at radius 1 is 1.37 bits per heavy atom. The Labute approximate surface area is 114 Å². The molecule has 0 atom stereocenters. The van der Waals surface area contributed by atoms with Gasteiger partial charge in [0.1, 0.15) is 5.82 Å². The van der Waals surface area contributed by atoms with Crippen molar-refractivity contribution in [2.24, 2.45) is 0 Å². The number of halogens is 1. The van der Waals surface area contributed by atoms with Crippen LogP contribution in [0, 0.1) is 0 Å². The van der Waals surface area contributed by atoms with E-state index < -0.39 is 5.97 Å². The van der Waals surface area contributed by atoms with E-state index in [1.807, 2.05) is 0 Å². The minimum Gasteiger partial charge on any atom is -0.481 e. The maximum absolute atomic E-state index is 10.6. The molecule has 7 heteroatoms. The number of carboxylic acids is 1. The van der Waals surface area contributed by atoms with Gasteiger partial charge in [-0.15, -0.1) is 5.10 Å². The molecule has 0 aliphatic rings. The van der Waals surface area contributed by atoms with Gasteiger partial charge in [-0.05, 0) is 18.6 Å². The number of para-hydroxylation sites is 1. The molecule has 0 aliphatic heterocycles. The third-order valence-electron chi connectivity index (χ3n) is 2.72. The summed E-state index contributed by atoms with van der Waals surface area (Å²) in [6.45, 7) is 0. The first kappa shape index (κ1) is 13.2. The molecule has 100 valence electrons. The first-order chi connectivity index (χ1) is 9.00. The van der Waals surface area contributed by atoms with Crippen molar-refractivity contribution in [2.75, 3.05) is 11.5 Å². The molecule has 0 bridgehead atoms. The zero-order chi connectivity index (χ0) is 14.0. The van der Waals surface area contributed by atoms with E-state index in [0.29, 0.717) is 22.1 Å². The molecule has 5 N–H and O–H groups in total. The standard InChI is InChI=1S/C12H13ClN4O2/c13-8-3-1-2-4-9(8)17-12(15)7(11(14)16-17)5-6-10(18)19/h1-4H,5-6,15H2,(H2,14,16)(H,18,19). The molecule has 0 amide bonds. The summed E-state index contributed by atoms with van der Waals surface area (Å²) in [6, 6.07) is 7.06. The quantitative estimate of drug-likeness (QED) is 0.790. The molecular weight excluding hydrogens is 268 g/mol. The summed E-state index contributed by atoms with van der Waals surface area (Å²) < 4.78 is 1.43. The van der Waals surface area contributed by atoms with Crippen LogP contribution in [0.3, 0.4) is 0 Å². The van der Waals surface area contributed by atoms with Gasteiger partial charge in [-0.25, -0.2) is 4.68 Å². The minimum atomic E-state index is -0.913. The van der Waals surface area contributed by atoms with Crippen molar-refractivity contribution in [3.05, 3.63) is 34.9 Å². The van der Waals surface area contributed by atoms with Gasteiger partial charge in [0, 0.05) is 12.0 Å². The van der Waals surface area contributed by atoms with Crippen LogP contribution < -0.4 is 11.5 Å². The second-order valence-corrected chi connectivity index (χ2v) is 4.41. The van der Waals surface area contributed by atoms with Crippen molar-refractivity contribution in [3.63, 3.8) is 0 Å². The average Bonchev–Trinajstić information content (AvgIpc) is 2.63. The van der Waals surface area contributed by atoms with E-state index in [1.165, 1.54) is 4.68 Å². The fourth-order valence-corrected chi connectivity index (χ4v) is 1.99.